The van der Waals surface area contributed by atoms with Gasteiger partial charge in [0.15, 0.2) is 0 Å². The van der Waals surface area contributed by atoms with Gasteiger partial charge in [0.1, 0.15) is 18.5 Å². The van der Waals surface area contributed by atoms with Crippen LogP contribution in [0, 0.1) is 6.92 Å². The topological polar surface area (TPSA) is 64.5 Å². The van der Waals surface area contributed by atoms with Gasteiger partial charge in [-0.3, -0.25) is 0 Å². The van der Waals surface area contributed by atoms with Crippen LogP contribution in [0.25, 0.3) is 0 Å². The Morgan fingerprint density at radius 3 is 2.92 bits per heavy atom. The van der Waals surface area contributed by atoms with Crippen molar-refractivity contribution in [2.75, 3.05) is 13.1 Å². The molecule has 0 N–H and O–H groups in total. The Hall–Kier alpha value is -2.63. The van der Waals surface area contributed by atoms with Crippen LogP contribution < -0.4 is 4.74 Å². The lowest BCUT2D eigenvalue weighted by molar-refractivity contribution is 0.0535. The van der Waals surface area contributed by atoms with Crippen LogP contribution >= 0.6 is 0 Å². The van der Waals surface area contributed by atoms with Gasteiger partial charge in [-0.2, -0.15) is 4.98 Å². The summed E-state index contributed by atoms with van der Waals surface area (Å²) >= 11 is 0. The molecular weight excluding hydrogens is 306 g/mol. The monoisotopic (exact) mass is 327 g/mol. The van der Waals surface area contributed by atoms with Gasteiger partial charge in [-0.05, 0) is 25.3 Å². The van der Waals surface area contributed by atoms with Crippen LogP contribution in [0.15, 0.2) is 42.6 Å². The first-order valence-electron chi connectivity index (χ1n) is 8.12. The second-order valence-electron chi connectivity index (χ2n) is 5.81. The molecule has 0 bridgehead atoms. The molecule has 6 nitrogen and oxygen atoms in total. The van der Waals surface area contributed by atoms with Crippen LogP contribution in [-0.4, -0.2) is 40.2 Å². The van der Waals surface area contributed by atoms with Crippen molar-refractivity contribution in [2.45, 2.75) is 32.5 Å². The number of piperidine rings is 1. The standard InChI is InChI=1S/C18H21N3O3/c1-14-19-10-9-17(20-14)24-16-8-5-11-21(12-16)18(22)23-13-15-6-3-2-4-7-15/h2-4,6-7,9-10,16H,5,8,11-13H2,1H3/t16-/m1/s1. The van der Waals surface area contributed by atoms with Crippen molar-refractivity contribution >= 4 is 6.09 Å². The summed E-state index contributed by atoms with van der Waals surface area (Å²) in [6.45, 7) is 3.31. The fourth-order valence-corrected chi connectivity index (χ4v) is 2.68. The predicted octanol–water partition coefficient (Wildman–Crippen LogP) is 2.97. The molecule has 2 aromatic rings. The highest BCUT2D eigenvalue weighted by Crippen LogP contribution is 2.17. The third-order valence-corrected chi connectivity index (χ3v) is 3.88. The Morgan fingerprint density at radius 2 is 2.12 bits per heavy atom. The highest BCUT2D eigenvalue weighted by atomic mass is 16.6. The number of carbonyl (C=O) groups excluding carboxylic acids is 1. The van der Waals surface area contributed by atoms with Gasteiger partial charge in [0.25, 0.3) is 0 Å². The third-order valence-electron chi connectivity index (χ3n) is 3.88. The van der Waals surface area contributed by atoms with Gasteiger partial charge in [0.05, 0.1) is 6.54 Å². The van der Waals surface area contributed by atoms with Crippen molar-refractivity contribution in [2.24, 2.45) is 0 Å². The van der Waals surface area contributed by atoms with Crippen LogP contribution in [0.3, 0.4) is 0 Å². The summed E-state index contributed by atoms with van der Waals surface area (Å²) in [6.07, 6.45) is 3.08. The summed E-state index contributed by atoms with van der Waals surface area (Å²) in [5, 5.41) is 0. The molecule has 0 aliphatic carbocycles. The Morgan fingerprint density at radius 1 is 1.29 bits per heavy atom. The maximum atomic E-state index is 12.2. The Balaban J connectivity index is 1.52. The zero-order valence-electron chi connectivity index (χ0n) is 13.7. The van der Waals surface area contributed by atoms with Gasteiger partial charge >= 0.3 is 6.09 Å². The second kappa shape index (κ2) is 7.77. The number of hydrogen-bond donors (Lipinski definition) is 0. The molecule has 1 aliphatic rings. The number of aryl methyl sites for hydroxylation is 1. The highest BCUT2D eigenvalue weighted by Gasteiger charge is 2.26. The molecular formula is C18H21N3O3. The number of hydrogen-bond acceptors (Lipinski definition) is 5. The fourth-order valence-electron chi connectivity index (χ4n) is 2.68. The number of amides is 1. The van der Waals surface area contributed by atoms with Gasteiger partial charge in [0, 0.05) is 18.8 Å². The molecule has 24 heavy (non-hydrogen) atoms. The van der Waals surface area contributed by atoms with Gasteiger partial charge < -0.3 is 14.4 Å². The van der Waals surface area contributed by atoms with Gasteiger partial charge in [0.2, 0.25) is 5.88 Å². The molecule has 1 aromatic heterocycles. The lowest BCUT2D eigenvalue weighted by atomic mass is 10.1. The van der Waals surface area contributed by atoms with E-state index in [4.69, 9.17) is 9.47 Å². The van der Waals surface area contributed by atoms with Crippen LogP contribution in [0.1, 0.15) is 24.2 Å². The Bertz CT molecular complexity index is 678. The van der Waals surface area contributed by atoms with E-state index in [0.717, 1.165) is 18.4 Å². The Labute approximate surface area is 141 Å². The minimum atomic E-state index is -0.300. The first-order valence-corrected chi connectivity index (χ1v) is 8.12. The van der Waals surface area contributed by atoms with Crippen molar-refractivity contribution in [3.8, 4) is 5.88 Å². The minimum Gasteiger partial charge on any atom is -0.472 e. The lowest BCUT2D eigenvalue weighted by Crippen LogP contribution is -2.44. The molecule has 1 aromatic carbocycles. The van der Waals surface area contributed by atoms with Crippen molar-refractivity contribution in [1.29, 1.82) is 0 Å². The molecule has 0 spiro atoms. The Kier molecular flexibility index (Phi) is 5.25. The van der Waals surface area contributed by atoms with E-state index in [2.05, 4.69) is 9.97 Å². The summed E-state index contributed by atoms with van der Waals surface area (Å²) < 4.78 is 11.3. The molecule has 1 amide bonds. The first-order chi connectivity index (χ1) is 11.7. The highest BCUT2D eigenvalue weighted by molar-refractivity contribution is 5.67. The average Bonchev–Trinajstić information content (AvgIpc) is 2.61. The number of likely N-dealkylation sites (tertiary alicyclic amines) is 1. The van der Waals surface area contributed by atoms with Gasteiger partial charge in [-0.15, -0.1) is 0 Å². The zero-order chi connectivity index (χ0) is 16.8. The van der Waals surface area contributed by atoms with E-state index in [1.165, 1.54) is 0 Å². The first kappa shape index (κ1) is 16.2. The van der Waals surface area contributed by atoms with Crippen LogP contribution in [0.4, 0.5) is 4.79 Å². The summed E-state index contributed by atoms with van der Waals surface area (Å²) in [5.41, 5.74) is 0.979. The van der Waals surface area contributed by atoms with Crippen molar-refractivity contribution < 1.29 is 14.3 Å². The van der Waals surface area contributed by atoms with E-state index in [1.54, 1.807) is 17.2 Å². The van der Waals surface area contributed by atoms with E-state index in [0.29, 0.717) is 24.8 Å². The second-order valence-corrected chi connectivity index (χ2v) is 5.81. The van der Waals surface area contributed by atoms with E-state index in [1.807, 2.05) is 37.3 Å². The molecule has 1 fully saturated rings. The molecule has 6 heteroatoms. The van der Waals surface area contributed by atoms with Gasteiger partial charge in [-0.25, -0.2) is 9.78 Å². The number of ether oxygens (including phenoxy) is 2. The fraction of sp³-hybridized carbons (Fsp3) is 0.389. The normalized spacial score (nSPS) is 17.4. The summed E-state index contributed by atoms with van der Waals surface area (Å²) in [7, 11) is 0. The molecule has 126 valence electrons. The molecule has 0 saturated carbocycles. The maximum Gasteiger partial charge on any atom is 0.410 e. The number of nitrogens with zero attached hydrogens (tertiary/aromatic N) is 3. The number of benzene rings is 1. The van der Waals surface area contributed by atoms with E-state index >= 15 is 0 Å². The third kappa shape index (κ3) is 4.44. The van der Waals surface area contributed by atoms with Crippen molar-refractivity contribution in [3.05, 3.63) is 54.0 Å². The van der Waals surface area contributed by atoms with Crippen molar-refractivity contribution in [3.63, 3.8) is 0 Å². The number of rotatable bonds is 4. The van der Waals surface area contributed by atoms with Crippen molar-refractivity contribution in [1.82, 2.24) is 14.9 Å². The minimum absolute atomic E-state index is 0.0719. The summed E-state index contributed by atoms with van der Waals surface area (Å²) in [4.78, 5) is 22.2. The molecule has 1 aliphatic heterocycles. The smallest absolute Gasteiger partial charge is 0.410 e. The molecule has 0 radical (unpaired) electrons. The maximum absolute atomic E-state index is 12.2. The molecule has 1 atom stereocenters. The summed E-state index contributed by atoms with van der Waals surface area (Å²) in [5.74, 6) is 1.22. The van der Waals surface area contributed by atoms with Crippen LogP contribution in [0.2, 0.25) is 0 Å². The lowest BCUT2D eigenvalue weighted by Gasteiger charge is -2.31. The molecule has 0 unspecified atom stereocenters. The average molecular weight is 327 g/mol. The van der Waals surface area contributed by atoms with E-state index in [-0.39, 0.29) is 18.8 Å². The van der Waals surface area contributed by atoms with E-state index in [9.17, 15) is 4.79 Å². The van der Waals surface area contributed by atoms with Crippen LogP contribution in [-0.2, 0) is 11.3 Å². The van der Waals surface area contributed by atoms with Crippen LogP contribution in [0.5, 0.6) is 5.88 Å². The number of carbonyl (C=O) groups is 1. The molecule has 2 heterocycles. The van der Waals surface area contributed by atoms with Gasteiger partial charge in [-0.1, -0.05) is 30.3 Å². The predicted molar refractivity (Wildman–Crippen MR) is 88.6 cm³/mol. The SMILES string of the molecule is Cc1nccc(O[C@@H]2CCCN(C(=O)OCc3ccccc3)C2)n1. The number of aromatic nitrogens is 2. The molecule has 3 rings (SSSR count). The zero-order valence-corrected chi connectivity index (χ0v) is 13.7. The largest absolute Gasteiger partial charge is 0.472 e. The van der Waals surface area contributed by atoms with E-state index < -0.39 is 0 Å². The molecule has 1 saturated heterocycles. The summed E-state index contributed by atoms with van der Waals surface area (Å²) in [6, 6.07) is 11.4. The quantitative estimate of drug-likeness (QED) is 0.864.